The first-order chi connectivity index (χ1) is 7.84. The van der Waals surface area contributed by atoms with Crippen LogP contribution in [0.25, 0.3) is 0 Å². The van der Waals surface area contributed by atoms with Gasteiger partial charge in [-0.05, 0) is 24.6 Å². The lowest BCUT2D eigenvalue weighted by Crippen LogP contribution is -2.38. The second-order valence-corrected chi connectivity index (χ2v) is 3.47. The predicted octanol–water partition coefficient (Wildman–Crippen LogP) is 2.43. The van der Waals surface area contributed by atoms with E-state index < -0.39 is 18.1 Å². The summed E-state index contributed by atoms with van der Waals surface area (Å²) in [4.78, 5) is 10.7. The highest BCUT2D eigenvalue weighted by Gasteiger charge is 2.39. The number of halogens is 3. The Kier molecular flexibility index (Phi) is 3.98. The fourth-order valence-electron chi connectivity index (χ4n) is 1.27. The molecule has 0 saturated heterocycles. The molecule has 0 saturated carbocycles. The molecule has 3 nitrogen and oxygen atoms in total. The fourth-order valence-corrected chi connectivity index (χ4v) is 1.27. The molecule has 94 valence electrons. The summed E-state index contributed by atoms with van der Waals surface area (Å²) in [6, 6.07) is 5.76. The van der Waals surface area contributed by atoms with Crippen molar-refractivity contribution in [1.82, 2.24) is 5.32 Å². The number of hydrogen-bond donors (Lipinski definition) is 1. The molecule has 1 N–H and O–H groups in total. The molecule has 1 aromatic carbocycles. The van der Waals surface area contributed by atoms with Crippen molar-refractivity contribution in [2.24, 2.45) is 0 Å². The number of amides is 1. The largest absolute Gasteiger partial charge is 0.497 e. The standard InChI is InChI=1S/C11H12F3NO2/c1-7(15-10(16)11(12,13)14)8-4-3-5-9(6-8)17-2/h3-7H,1-2H3,(H,15,16). The zero-order valence-electron chi connectivity index (χ0n) is 9.34. The average Bonchev–Trinajstić information content (AvgIpc) is 2.27. The number of rotatable bonds is 3. The fraction of sp³-hybridized carbons (Fsp3) is 0.364. The van der Waals surface area contributed by atoms with Gasteiger partial charge in [-0.3, -0.25) is 4.79 Å². The predicted molar refractivity (Wildman–Crippen MR) is 55.6 cm³/mol. The molecule has 0 heterocycles. The zero-order chi connectivity index (χ0) is 13.1. The third-order valence-corrected chi connectivity index (χ3v) is 2.20. The van der Waals surface area contributed by atoms with Gasteiger partial charge in [0.1, 0.15) is 5.75 Å². The lowest BCUT2D eigenvalue weighted by Gasteiger charge is -2.16. The quantitative estimate of drug-likeness (QED) is 0.890. The molecule has 0 aliphatic heterocycles. The number of benzene rings is 1. The minimum atomic E-state index is -4.87. The number of nitrogens with one attached hydrogen (secondary N) is 1. The third kappa shape index (κ3) is 3.65. The molecule has 1 aromatic rings. The van der Waals surface area contributed by atoms with E-state index in [0.717, 1.165) is 0 Å². The van der Waals surface area contributed by atoms with Gasteiger partial charge >= 0.3 is 12.1 Å². The van der Waals surface area contributed by atoms with Gasteiger partial charge in [0.15, 0.2) is 0 Å². The molecule has 1 unspecified atom stereocenters. The van der Waals surface area contributed by atoms with Crippen LogP contribution in [0.15, 0.2) is 24.3 Å². The second-order valence-electron chi connectivity index (χ2n) is 3.47. The van der Waals surface area contributed by atoms with Crippen LogP contribution in [0.5, 0.6) is 5.75 Å². The molecular formula is C11H12F3NO2. The molecule has 0 spiro atoms. The smallest absolute Gasteiger partial charge is 0.471 e. The summed E-state index contributed by atoms with van der Waals surface area (Å²) in [6.07, 6.45) is -4.87. The zero-order valence-corrected chi connectivity index (χ0v) is 9.34. The van der Waals surface area contributed by atoms with E-state index in [2.05, 4.69) is 0 Å². The average molecular weight is 247 g/mol. The van der Waals surface area contributed by atoms with E-state index >= 15 is 0 Å². The van der Waals surface area contributed by atoms with Gasteiger partial charge in [-0.1, -0.05) is 12.1 Å². The van der Waals surface area contributed by atoms with E-state index in [0.29, 0.717) is 11.3 Å². The SMILES string of the molecule is COc1cccc(C(C)NC(=O)C(F)(F)F)c1. The highest BCUT2D eigenvalue weighted by molar-refractivity contribution is 5.82. The van der Waals surface area contributed by atoms with E-state index in [1.807, 2.05) is 5.32 Å². The Morgan fingerprint density at radius 3 is 2.59 bits per heavy atom. The summed E-state index contributed by atoms with van der Waals surface area (Å²) in [5.74, 6) is -1.43. The summed E-state index contributed by atoms with van der Waals surface area (Å²) >= 11 is 0. The lowest BCUT2D eigenvalue weighted by atomic mass is 10.1. The minimum Gasteiger partial charge on any atom is -0.497 e. The van der Waals surface area contributed by atoms with E-state index in [9.17, 15) is 18.0 Å². The van der Waals surface area contributed by atoms with Crippen LogP contribution in [0, 0.1) is 0 Å². The number of methoxy groups -OCH3 is 1. The van der Waals surface area contributed by atoms with Gasteiger partial charge in [0.2, 0.25) is 0 Å². The molecule has 17 heavy (non-hydrogen) atoms. The van der Waals surface area contributed by atoms with Gasteiger partial charge in [-0.25, -0.2) is 0 Å². The molecular weight excluding hydrogens is 235 g/mol. The van der Waals surface area contributed by atoms with Crippen LogP contribution in [-0.2, 0) is 4.79 Å². The molecule has 0 radical (unpaired) electrons. The molecule has 0 aliphatic carbocycles. The summed E-state index contributed by atoms with van der Waals surface area (Å²) in [7, 11) is 1.46. The van der Waals surface area contributed by atoms with Gasteiger partial charge in [0.25, 0.3) is 0 Å². The maximum atomic E-state index is 12.0. The number of carbonyl (C=O) groups is 1. The second kappa shape index (κ2) is 5.07. The highest BCUT2D eigenvalue weighted by atomic mass is 19.4. The van der Waals surface area contributed by atoms with Crippen molar-refractivity contribution < 1.29 is 22.7 Å². The number of hydrogen-bond acceptors (Lipinski definition) is 2. The summed E-state index contributed by atoms with van der Waals surface area (Å²) < 4.78 is 41.0. The van der Waals surface area contributed by atoms with Crippen LogP contribution in [0.2, 0.25) is 0 Å². The monoisotopic (exact) mass is 247 g/mol. The van der Waals surface area contributed by atoms with Crippen LogP contribution in [0.4, 0.5) is 13.2 Å². The topological polar surface area (TPSA) is 38.3 Å². The van der Waals surface area contributed by atoms with Gasteiger partial charge in [-0.15, -0.1) is 0 Å². The first-order valence-electron chi connectivity index (χ1n) is 4.86. The first kappa shape index (κ1) is 13.3. The molecule has 6 heteroatoms. The first-order valence-corrected chi connectivity index (χ1v) is 4.86. The third-order valence-electron chi connectivity index (χ3n) is 2.20. The van der Waals surface area contributed by atoms with Crippen molar-refractivity contribution in [2.45, 2.75) is 19.1 Å². The van der Waals surface area contributed by atoms with Crippen molar-refractivity contribution in [3.63, 3.8) is 0 Å². The van der Waals surface area contributed by atoms with Crippen molar-refractivity contribution in [2.75, 3.05) is 7.11 Å². The van der Waals surface area contributed by atoms with Crippen LogP contribution >= 0.6 is 0 Å². The summed E-state index contributed by atoms with van der Waals surface area (Å²) in [6.45, 7) is 1.47. The van der Waals surface area contributed by atoms with Crippen molar-refractivity contribution >= 4 is 5.91 Å². The molecule has 0 aliphatic rings. The molecule has 1 atom stereocenters. The maximum absolute atomic E-state index is 12.0. The molecule has 1 rings (SSSR count). The van der Waals surface area contributed by atoms with Crippen LogP contribution in [0.1, 0.15) is 18.5 Å². The van der Waals surface area contributed by atoms with Crippen LogP contribution in [0.3, 0.4) is 0 Å². The number of ether oxygens (including phenoxy) is 1. The van der Waals surface area contributed by atoms with E-state index in [1.54, 1.807) is 24.3 Å². The van der Waals surface area contributed by atoms with Crippen LogP contribution in [-0.4, -0.2) is 19.2 Å². The van der Waals surface area contributed by atoms with Gasteiger partial charge in [0, 0.05) is 0 Å². The molecule has 1 amide bonds. The lowest BCUT2D eigenvalue weighted by molar-refractivity contribution is -0.174. The Morgan fingerprint density at radius 1 is 1.41 bits per heavy atom. The van der Waals surface area contributed by atoms with Crippen molar-refractivity contribution in [3.8, 4) is 5.75 Å². The Hall–Kier alpha value is -1.72. The summed E-state index contributed by atoms with van der Waals surface area (Å²) in [5.41, 5.74) is 0.543. The Morgan fingerprint density at radius 2 is 2.06 bits per heavy atom. The Labute approximate surface area is 96.6 Å². The van der Waals surface area contributed by atoms with Gasteiger partial charge in [-0.2, -0.15) is 13.2 Å². The van der Waals surface area contributed by atoms with Crippen LogP contribution < -0.4 is 10.1 Å². The van der Waals surface area contributed by atoms with Gasteiger partial charge in [0.05, 0.1) is 13.2 Å². The minimum absolute atomic E-state index is 0.524. The Balaban J connectivity index is 2.76. The summed E-state index contributed by atoms with van der Waals surface area (Å²) in [5, 5.41) is 1.87. The molecule has 0 fully saturated rings. The van der Waals surface area contributed by atoms with E-state index in [-0.39, 0.29) is 0 Å². The number of carbonyl (C=O) groups excluding carboxylic acids is 1. The van der Waals surface area contributed by atoms with E-state index in [1.165, 1.54) is 14.0 Å². The highest BCUT2D eigenvalue weighted by Crippen LogP contribution is 2.21. The molecule has 0 bridgehead atoms. The van der Waals surface area contributed by atoms with E-state index in [4.69, 9.17) is 4.74 Å². The van der Waals surface area contributed by atoms with Crippen molar-refractivity contribution in [3.05, 3.63) is 29.8 Å². The number of alkyl halides is 3. The maximum Gasteiger partial charge on any atom is 0.471 e. The Bertz CT molecular complexity index is 404. The normalized spacial score (nSPS) is 13.0. The molecule has 0 aromatic heterocycles. The van der Waals surface area contributed by atoms with Crippen molar-refractivity contribution in [1.29, 1.82) is 0 Å². The van der Waals surface area contributed by atoms with Gasteiger partial charge < -0.3 is 10.1 Å².